The third-order valence-electron chi connectivity index (χ3n) is 3.26. The highest BCUT2D eigenvalue weighted by atomic mass is 35.5. The molecule has 1 atom stereocenters. The van der Waals surface area contributed by atoms with E-state index in [0.717, 1.165) is 24.0 Å². The first-order valence-electron chi connectivity index (χ1n) is 6.38. The monoisotopic (exact) mass is 293 g/mol. The Hall–Kier alpha value is -1.02. The third kappa shape index (κ3) is 3.73. The highest BCUT2D eigenvalue weighted by Gasteiger charge is 2.08. The Balaban J connectivity index is 2.10. The van der Waals surface area contributed by atoms with Crippen molar-refractivity contribution in [2.24, 2.45) is 5.73 Å². The number of benzene rings is 2. The number of hydrogen-bond donors (Lipinski definition) is 1. The van der Waals surface area contributed by atoms with Crippen molar-refractivity contribution in [1.82, 2.24) is 0 Å². The molecule has 2 rings (SSSR count). The Bertz CT molecular complexity index is 549. The first kappa shape index (κ1) is 14.4. The van der Waals surface area contributed by atoms with Gasteiger partial charge in [0.2, 0.25) is 0 Å². The molecule has 0 radical (unpaired) electrons. The lowest BCUT2D eigenvalue weighted by Gasteiger charge is -2.13. The van der Waals surface area contributed by atoms with E-state index in [9.17, 15) is 0 Å². The summed E-state index contributed by atoms with van der Waals surface area (Å²) in [5.74, 6) is 0. The van der Waals surface area contributed by atoms with Crippen LogP contribution >= 0.6 is 23.2 Å². The van der Waals surface area contributed by atoms with Crippen LogP contribution in [0.25, 0.3) is 0 Å². The van der Waals surface area contributed by atoms with Crippen LogP contribution in [0.15, 0.2) is 42.5 Å². The van der Waals surface area contributed by atoms with Crippen LogP contribution < -0.4 is 5.73 Å². The molecular formula is C16H17Cl2N. The molecule has 0 aliphatic carbocycles. The minimum atomic E-state index is -0.0249. The molecule has 3 heteroatoms. The topological polar surface area (TPSA) is 26.0 Å². The van der Waals surface area contributed by atoms with Crippen molar-refractivity contribution in [2.45, 2.75) is 25.8 Å². The minimum Gasteiger partial charge on any atom is -0.324 e. The molecule has 2 aromatic carbocycles. The summed E-state index contributed by atoms with van der Waals surface area (Å²) in [6.45, 7) is 2.14. The summed E-state index contributed by atoms with van der Waals surface area (Å²) in [4.78, 5) is 0. The van der Waals surface area contributed by atoms with Crippen LogP contribution in [-0.4, -0.2) is 0 Å². The number of halogens is 2. The Labute approximate surface area is 124 Å². The maximum Gasteiger partial charge on any atom is 0.0595 e. The van der Waals surface area contributed by atoms with E-state index in [1.165, 1.54) is 5.56 Å². The summed E-state index contributed by atoms with van der Waals surface area (Å²) >= 11 is 11.9. The Morgan fingerprint density at radius 1 is 0.947 bits per heavy atom. The molecule has 0 bridgehead atoms. The summed E-state index contributed by atoms with van der Waals surface area (Å²) in [6, 6.07) is 14.1. The summed E-state index contributed by atoms with van der Waals surface area (Å²) < 4.78 is 0. The van der Waals surface area contributed by atoms with Gasteiger partial charge in [-0.05, 0) is 41.7 Å². The van der Waals surface area contributed by atoms with Crippen LogP contribution in [0, 0.1) is 0 Å². The number of hydrogen-bond acceptors (Lipinski definition) is 1. The molecule has 0 saturated heterocycles. The molecule has 0 aliphatic rings. The molecule has 100 valence electrons. The van der Waals surface area contributed by atoms with Gasteiger partial charge in [-0.25, -0.2) is 0 Å². The lowest BCUT2D eigenvalue weighted by atomic mass is 9.98. The van der Waals surface area contributed by atoms with E-state index in [-0.39, 0.29) is 6.04 Å². The maximum absolute atomic E-state index is 6.23. The van der Waals surface area contributed by atoms with Crippen LogP contribution in [0.2, 0.25) is 10.0 Å². The van der Waals surface area contributed by atoms with E-state index >= 15 is 0 Å². The van der Waals surface area contributed by atoms with Gasteiger partial charge in [-0.1, -0.05) is 60.5 Å². The van der Waals surface area contributed by atoms with Crippen molar-refractivity contribution in [1.29, 1.82) is 0 Å². The van der Waals surface area contributed by atoms with Crippen LogP contribution in [0.5, 0.6) is 0 Å². The zero-order chi connectivity index (χ0) is 13.8. The Kier molecular flexibility index (Phi) is 4.87. The van der Waals surface area contributed by atoms with Gasteiger partial charge in [0, 0.05) is 6.04 Å². The SMILES string of the molecule is CCc1ccc(C(N)Cc2ccc(Cl)c(Cl)c2)cc1. The van der Waals surface area contributed by atoms with Gasteiger partial charge in [0.1, 0.15) is 0 Å². The summed E-state index contributed by atoms with van der Waals surface area (Å²) in [5.41, 5.74) is 9.80. The van der Waals surface area contributed by atoms with Crippen molar-refractivity contribution in [3.8, 4) is 0 Å². The van der Waals surface area contributed by atoms with Gasteiger partial charge < -0.3 is 5.73 Å². The summed E-state index contributed by atoms with van der Waals surface area (Å²) in [7, 11) is 0. The number of nitrogens with two attached hydrogens (primary N) is 1. The fourth-order valence-electron chi connectivity index (χ4n) is 2.04. The van der Waals surface area contributed by atoms with E-state index in [0.29, 0.717) is 10.0 Å². The normalized spacial score (nSPS) is 12.4. The zero-order valence-electron chi connectivity index (χ0n) is 10.9. The van der Waals surface area contributed by atoms with Gasteiger partial charge in [-0.15, -0.1) is 0 Å². The standard InChI is InChI=1S/C16H17Cl2N/c1-2-11-3-6-13(7-4-11)16(19)10-12-5-8-14(17)15(18)9-12/h3-9,16H,2,10,19H2,1H3. The molecule has 2 aromatic rings. The summed E-state index contributed by atoms with van der Waals surface area (Å²) in [5, 5.41) is 1.15. The molecule has 0 heterocycles. The zero-order valence-corrected chi connectivity index (χ0v) is 12.4. The second-order valence-corrected chi connectivity index (χ2v) is 5.47. The van der Waals surface area contributed by atoms with Crippen molar-refractivity contribution in [3.05, 3.63) is 69.2 Å². The Morgan fingerprint density at radius 3 is 2.16 bits per heavy atom. The highest BCUT2D eigenvalue weighted by molar-refractivity contribution is 6.42. The molecule has 0 aromatic heterocycles. The van der Waals surface area contributed by atoms with Crippen molar-refractivity contribution < 1.29 is 0 Å². The fourth-order valence-corrected chi connectivity index (χ4v) is 2.36. The highest BCUT2D eigenvalue weighted by Crippen LogP contribution is 2.25. The van der Waals surface area contributed by atoms with Gasteiger partial charge in [0.25, 0.3) is 0 Å². The van der Waals surface area contributed by atoms with Gasteiger partial charge in [0.15, 0.2) is 0 Å². The molecule has 0 aliphatic heterocycles. The lowest BCUT2D eigenvalue weighted by Crippen LogP contribution is -2.13. The van der Waals surface area contributed by atoms with Crippen LogP contribution in [0.4, 0.5) is 0 Å². The predicted octanol–water partition coefficient (Wildman–Crippen LogP) is 4.80. The minimum absolute atomic E-state index is 0.0249. The number of rotatable bonds is 4. The fraction of sp³-hybridized carbons (Fsp3) is 0.250. The second kappa shape index (κ2) is 6.42. The summed E-state index contributed by atoms with van der Waals surface area (Å²) in [6.07, 6.45) is 1.80. The average Bonchev–Trinajstić information content (AvgIpc) is 2.43. The maximum atomic E-state index is 6.23. The largest absolute Gasteiger partial charge is 0.324 e. The van der Waals surface area contributed by atoms with E-state index in [2.05, 4.69) is 31.2 Å². The molecule has 19 heavy (non-hydrogen) atoms. The van der Waals surface area contributed by atoms with Crippen molar-refractivity contribution >= 4 is 23.2 Å². The Morgan fingerprint density at radius 2 is 1.58 bits per heavy atom. The molecule has 0 amide bonds. The average molecular weight is 294 g/mol. The van der Waals surface area contributed by atoms with Crippen molar-refractivity contribution in [2.75, 3.05) is 0 Å². The van der Waals surface area contributed by atoms with Crippen LogP contribution in [-0.2, 0) is 12.8 Å². The van der Waals surface area contributed by atoms with E-state index in [1.54, 1.807) is 0 Å². The van der Waals surface area contributed by atoms with Gasteiger partial charge in [0.05, 0.1) is 10.0 Å². The predicted molar refractivity (Wildman–Crippen MR) is 82.9 cm³/mol. The van der Waals surface area contributed by atoms with Gasteiger partial charge in [-0.2, -0.15) is 0 Å². The van der Waals surface area contributed by atoms with E-state index in [4.69, 9.17) is 28.9 Å². The van der Waals surface area contributed by atoms with E-state index in [1.807, 2.05) is 18.2 Å². The van der Waals surface area contributed by atoms with Crippen molar-refractivity contribution in [3.63, 3.8) is 0 Å². The molecule has 0 fully saturated rings. The first-order chi connectivity index (χ1) is 9.10. The molecule has 0 saturated carbocycles. The second-order valence-electron chi connectivity index (χ2n) is 4.65. The lowest BCUT2D eigenvalue weighted by molar-refractivity contribution is 0.721. The smallest absolute Gasteiger partial charge is 0.0595 e. The van der Waals surface area contributed by atoms with Crippen LogP contribution in [0.3, 0.4) is 0 Å². The molecular weight excluding hydrogens is 277 g/mol. The van der Waals surface area contributed by atoms with Gasteiger partial charge in [-0.3, -0.25) is 0 Å². The number of aryl methyl sites for hydroxylation is 1. The molecule has 2 N–H and O–H groups in total. The van der Waals surface area contributed by atoms with Gasteiger partial charge >= 0.3 is 0 Å². The van der Waals surface area contributed by atoms with Crippen LogP contribution in [0.1, 0.15) is 29.7 Å². The quantitative estimate of drug-likeness (QED) is 0.861. The molecule has 0 spiro atoms. The van der Waals surface area contributed by atoms with E-state index < -0.39 is 0 Å². The third-order valence-corrected chi connectivity index (χ3v) is 3.99. The molecule has 1 unspecified atom stereocenters. The first-order valence-corrected chi connectivity index (χ1v) is 7.14. The molecule has 1 nitrogen and oxygen atoms in total.